The molecule has 1 aliphatic carbocycles. The molecular weight excluding hydrogens is 837 g/mol. The smallest absolute Gasteiger partial charge is 0.226 e. The molecule has 0 saturated heterocycles. The predicted molar refractivity (Wildman–Crippen MR) is 286 cm³/mol. The van der Waals surface area contributed by atoms with Crippen molar-refractivity contribution in [2.75, 3.05) is 16.6 Å². The van der Waals surface area contributed by atoms with Crippen LogP contribution in [0.1, 0.15) is 141 Å². The molecule has 0 amide bonds. The third kappa shape index (κ3) is 13.3. The van der Waals surface area contributed by atoms with Gasteiger partial charge in [-0.1, -0.05) is 183 Å². The van der Waals surface area contributed by atoms with Gasteiger partial charge in [0.05, 0.1) is 45.9 Å². The quantitative estimate of drug-likeness (QED) is 0.0170. The number of para-hydroxylation sites is 4. The highest BCUT2D eigenvalue weighted by molar-refractivity contribution is 6.39. The second kappa shape index (κ2) is 26.7. The predicted octanol–water partition coefficient (Wildman–Crippen LogP) is 15.7. The normalized spacial score (nSPS) is 14.8. The Labute approximate surface area is 406 Å². The van der Waals surface area contributed by atoms with Crippen molar-refractivity contribution in [3.8, 4) is 0 Å². The zero-order valence-electron chi connectivity index (χ0n) is 40.7. The van der Waals surface area contributed by atoms with Crippen LogP contribution in [0.2, 0.25) is 0 Å². The summed E-state index contributed by atoms with van der Waals surface area (Å²) in [6.07, 6.45) is 29.7. The SMILES string of the molecule is CCCCCCCCCCCn1c(/C=N/N(c2ccccc2)c2ccccc2)ccc1C1=C(O)/C(=C2/C=CC(/C=N/N(c3ccccc3)c3ccccc3)=[N+]2CCCCCCCCCCC)C1=O. The molecule has 1 N–H and O–H groups in total. The molecule has 2 aliphatic rings. The highest BCUT2D eigenvalue weighted by atomic mass is 16.3. The maximum atomic E-state index is 14.6. The van der Waals surface area contributed by atoms with E-state index in [1.54, 1.807) is 0 Å². The van der Waals surface area contributed by atoms with E-state index in [2.05, 4.69) is 71.5 Å². The number of aliphatic hydroxyl groups excluding tert-OH is 1. The van der Waals surface area contributed by atoms with Gasteiger partial charge >= 0.3 is 0 Å². The van der Waals surface area contributed by atoms with Gasteiger partial charge < -0.3 is 9.67 Å². The number of unbranched alkanes of at least 4 members (excludes halogenated alkanes) is 16. The number of benzene rings is 4. The minimum atomic E-state index is -0.141. The molecule has 4 aromatic carbocycles. The van der Waals surface area contributed by atoms with Crippen molar-refractivity contribution in [3.05, 3.63) is 174 Å². The number of carbonyl (C=O) groups is 1. The molecule has 8 nitrogen and oxygen atoms in total. The Kier molecular flexibility index (Phi) is 19.4. The van der Waals surface area contributed by atoms with E-state index in [-0.39, 0.29) is 11.5 Å². The van der Waals surface area contributed by atoms with Crippen molar-refractivity contribution in [1.29, 1.82) is 0 Å². The first-order valence-corrected chi connectivity index (χ1v) is 25.7. The summed E-state index contributed by atoms with van der Waals surface area (Å²) in [6, 6.07) is 44.6. The summed E-state index contributed by atoms with van der Waals surface area (Å²) in [6.45, 7) is 5.95. The monoisotopic (exact) mass is 910 g/mol. The zero-order valence-corrected chi connectivity index (χ0v) is 40.7. The van der Waals surface area contributed by atoms with Gasteiger partial charge in [0.1, 0.15) is 24.1 Å². The molecule has 1 aliphatic heterocycles. The van der Waals surface area contributed by atoms with Crippen LogP contribution in [0.25, 0.3) is 5.57 Å². The summed E-state index contributed by atoms with van der Waals surface area (Å²) in [4.78, 5) is 14.6. The molecule has 354 valence electrons. The molecule has 5 aromatic rings. The topological polar surface area (TPSA) is 76.4 Å². The van der Waals surface area contributed by atoms with Crippen molar-refractivity contribution in [2.24, 2.45) is 10.2 Å². The van der Waals surface area contributed by atoms with Gasteiger partial charge in [0.15, 0.2) is 0 Å². The Bertz CT molecular complexity index is 2440. The summed E-state index contributed by atoms with van der Waals surface area (Å²) >= 11 is 0. The number of allylic oxidation sites excluding steroid dienone is 4. The minimum Gasteiger partial charge on any atom is -0.506 e. The third-order valence-corrected chi connectivity index (χ3v) is 13.1. The van der Waals surface area contributed by atoms with Crippen molar-refractivity contribution in [2.45, 2.75) is 136 Å². The lowest BCUT2D eigenvalue weighted by Gasteiger charge is -2.23. The van der Waals surface area contributed by atoms with E-state index < -0.39 is 0 Å². The van der Waals surface area contributed by atoms with Crippen LogP contribution in [0, 0.1) is 0 Å². The standard InChI is InChI=1S/C60H72N6O2/c1-3-5-7-9-11-13-15-17-31-45-63-53(47-61-65(49-33-23-19-24-34-49)50-35-25-20-26-36-50)41-43-55(63)57-59(67)58(60(57)68)56-44-42-54(64(56)46-32-18-16-14-12-10-8-6-4-2)48-62-66(51-37-27-21-28-38-51)52-39-29-22-30-40-52/h19-30,33-44,47-48H,3-18,31-32,45-46H2,1-2H3/p+1. The van der Waals surface area contributed by atoms with Gasteiger partial charge in [-0.2, -0.15) is 14.8 Å². The molecule has 7 rings (SSSR count). The lowest BCUT2D eigenvalue weighted by Crippen LogP contribution is -2.28. The third-order valence-electron chi connectivity index (χ3n) is 13.1. The molecule has 2 heterocycles. The molecule has 0 saturated carbocycles. The average Bonchev–Trinajstić information content (AvgIpc) is 3.96. The highest BCUT2D eigenvalue weighted by Crippen LogP contribution is 2.40. The Morgan fingerprint density at radius 3 is 1.38 bits per heavy atom. The fraction of sp³-hybridized carbons (Fsp3) is 0.367. The first-order valence-electron chi connectivity index (χ1n) is 25.7. The largest absolute Gasteiger partial charge is 0.506 e. The minimum absolute atomic E-state index is 0.0465. The van der Waals surface area contributed by atoms with Crippen LogP contribution in [0.3, 0.4) is 0 Å². The molecule has 0 spiro atoms. The average molecular weight is 910 g/mol. The number of hydrazone groups is 2. The fourth-order valence-electron chi connectivity index (χ4n) is 9.24. The van der Waals surface area contributed by atoms with E-state index in [4.69, 9.17) is 10.2 Å². The summed E-state index contributed by atoms with van der Waals surface area (Å²) < 4.78 is 4.36. The van der Waals surface area contributed by atoms with E-state index >= 15 is 0 Å². The first kappa shape index (κ1) is 49.4. The molecule has 1 aromatic heterocycles. The van der Waals surface area contributed by atoms with Crippen LogP contribution < -0.4 is 10.0 Å². The number of aromatic nitrogens is 1. The molecule has 0 fully saturated rings. The molecule has 68 heavy (non-hydrogen) atoms. The summed E-state index contributed by atoms with van der Waals surface area (Å²) in [5.41, 5.74) is 7.73. The Hall–Kier alpha value is -6.54. The molecule has 0 radical (unpaired) electrons. The van der Waals surface area contributed by atoms with E-state index in [1.807, 2.05) is 120 Å². The number of nitrogens with zero attached hydrogens (tertiary/aromatic N) is 6. The van der Waals surface area contributed by atoms with Crippen molar-refractivity contribution < 1.29 is 14.5 Å². The van der Waals surface area contributed by atoms with Crippen LogP contribution in [-0.2, 0) is 11.3 Å². The van der Waals surface area contributed by atoms with Crippen molar-refractivity contribution in [1.82, 2.24) is 4.57 Å². The Morgan fingerprint density at radius 1 is 0.500 bits per heavy atom. The van der Waals surface area contributed by atoms with Crippen molar-refractivity contribution in [3.63, 3.8) is 0 Å². The van der Waals surface area contributed by atoms with Crippen LogP contribution in [0.5, 0.6) is 0 Å². The van der Waals surface area contributed by atoms with Crippen LogP contribution in [-0.4, -0.2) is 44.7 Å². The van der Waals surface area contributed by atoms with Gasteiger partial charge in [-0.3, -0.25) is 4.79 Å². The number of aliphatic hydroxyl groups is 1. The summed E-state index contributed by atoms with van der Waals surface area (Å²) in [7, 11) is 0. The summed E-state index contributed by atoms with van der Waals surface area (Å²) in [5.74, 6) is -0.0945. The van der Waals surface area contributed by atoms with Gasteiger partial charge in [-0.05, 0) is 73.5 Å². The maximum absolute atomic E-state index is 14.6. The fourth-order valence-corrected chi connectivity index (χ4v) is 9.24. The van der Waals surface area contributed by atoms with Gasteiger partial charge in [0.2, 0.25) is 17.2 Å². The van der Waals surface area contributed by atoms with Crippen molar-refractivity contribution >= 4 is 52.2 Å². The lowest BCUT2D eigenvalue weighted by atomic mass is 9.84. The van der Waals surface area contributed by atoms with Gasteiger partial charge in [0, 0.05) is 25.1 Å². The van der Waals surface area contributed by atoms with Gasteiger partial charge in [-0.25, -0.2) is 10.0 Å². The molecule has 8 heteroatoms. The van der Waals surface area contributed by atoms with E-state index in [0.29, 0.717) is 24.2 Å². The van der Waals surface area contributed by atoms with Crippen LogP contribution in [0.4, 0.5) is 22.7 Å². The van der Waals surface area contributed by atoms with E-state index in [9.17, 15) is 9.90 Å². The number of Topliss-reactive ketones (excluding diaryl/α,β-unsaturated/α-hetero) is 1. The number of anilines is 4. The first-order chi connectivity index (χ1) is 33.6. The number of carbonyl (C=O) groups excluding carboxylic acids is 1. The number of hydrogen-bond donors (Lipinski definition) is 1. The number of ketones is 1. The summed E-state index contributed by atoms with van der Waals surface area (Å²) in [5, 5.41) is 26.1. The molecule has 0 atom stereocenters. The van der Waals surface area contributed by atoms with Gasteiger partial charge in [0.25, 0.3) is 0 Å². The van der Waals surface area contributed by atoms with Crippen LogP contribution in [0.15, 0.2) is 173 Å². The van der Waals surface area contributed by atoms with E-state index in [1.165, 1.54) is 89.9 Å². The molecule has 0 unspecified atom stereocenters. The lowest BCUT2D eigenvalue weighted by molar-refractivity contribution is -0.468. The highest BCUT2D eigenvalue weighted by Gasteiger charge is 2.43. The Morgan fingerprint density at radius 2 is 0.926 bits per heavy atom. The zero-order chi connectivity index (χ0) is 47.2. The second-order valence-electron chi connectivity index (χ2n) is 18.1. The van der Waals surface area contributed by atoms with Gasteiger partial charge in [-0.15, -0.1) is 0 Å². The number of rotatable bonds is 29. The maximum Gasteiger partial charge on any atom is 0.226 e. The van der Waals surface area contributed by atoms with E-state index in [0.717, 1.165) is 71.2 Å². The van der Waals surface area contributed by atoms with Crippen LogP contribution >= 0.6 is 0 Å². The molecular formula is C60H73N6O2+. The second-order valence-corrected chi connectivity index (χ2v) is 18.1. The Balaban J connectivity index is 1.19. The molecule has 0 bridgehead atoms. The number of hydrogen-bond acceptors (Lipinski definition) is 6.